The summed E-state index contributed by atoms with van der Waals surface area (Å²) in [7, 11) is 0. The second-order valence-corrected chi connectivity index (χ2v) is 6.99. The number of nitrogens with one attached hydrogen (secondary N) is 1. The number of hydrogen-bond donors (Lipinski definition) is 1. The molecule has 1 nitrogen and oxygen atoms in total. The van der Waals surface area contributed by atoms with Crippen molar-refractivity contribution in [2.24, 2.45) is 5.92 Å². The van der Waals surface area contributed by atoms with Crippen molar-refractivity contribution in [2.75, 3.05) is 5.75 Å². The normalized spacial score (nSPS) is 30.9. The van der Waals surface area contributed by atoms with Crippen molar-refractivity contribution >= 4 is 11.8 Å². The molecule has 0 saturated heterocycles. The van der Waals surface area contributed by atoms with Gasteiger partial charge >= 0.3 is 0 Å². The number of rotatable bonds is 2. The quantitative estimate of drug-likeness (QED) is 0.853. The van der Waals surface area contributed by atoms with Gasteiger partial charge in [0.2, 0.25) is 0 Å². The molecule has 1 N–H and O–H groups in total. The van der Waals surface area contributed by atoms with Crippen LogP contribution in [0.25, 0.3) is 0 Å². The van der Waals surface area contributed by atoms with Crippen LogP contribution in [0.3, 0.4) is 0 Å². The summed E-state index contributed by atoms with van der Waals surface area (Å²) in [6.07, 6.45) is 6.42. The van der Waals surface area contributed by atoms with Gasteiger partial charge in [0.05, 0.1) is 0 Å². The van der Waals surface area contributed by atoms with Crippen molar-refractivity contribution < 1.29 is 4.39 Å². The smallest absolute Gasteiger partial charge is 0.137 e. The van der Waals surface area contributed by atoms with Crippen LogP contribution < -0.4 is 5.32 Å². The standard InChI is InChI=1S/C16H22FNS/c1-11-5-2-3-8-14(11)18-15-9-10-19-16-12(15)6-4-7-13(16)17/h4,6-7,11,14-15,18H,2-3,5,8-10H2,1H3. The number of thioether (sulfide) groups is 1. The zero-order chi connectivity index (χ0) is 13.2. The Morgan fingerprint density at radius 3 is 2.89 bits per heavy atom. The maximum absolute atomic E-state index is 13.9. The fraction of sp³-hybridized carbons (Fsp3) is 0.625. The molecular weight excluding hydrogens is 257 g/mol. The van der Waals surface area contributed by atoms with Crippen LogP contribution in [0, 0.1) is 11.7 Å². The molecule has 0 bridgehead atoms. The van der Waals surface area contributed by atoms with Crippen LogP contribution in [0.15, 0.2) is 23.1 Å². The third-order valence-corrected chi connectivity index (χ3v) is 5.71. The number of benzene rings is 1. The molecule has 1 aliphatic heterocycles. The lowest BCUT2D eigenvalue weighted by Gasteiger charge is -2.35. The fourth-order valence-corrected chi connectivity index (χ4v) is 4.52. The van der Waals surface area contributed by atoms with E-state index in [1.807, 2.05) is 6.07 Å². The van der Waals surface area contributed by atoms with E-state index in [1.54, 1.807) is 17.8 Å². The molecule has 19 heavy (non-hydrogen) atoms. The average Bonchev–Trinajstić information content (AvgIpc) is 2.42. The first-order valence-corrected chi connectivity index (χ1v) is 8.41. The van der Waals surface area contributed by atoms with Gasteiger partial charge in [-0.15, -0.1) is 11.8 Å². The summed E-state index contributed by atoms with van der Waals surface area (Å²) in [5, 5.41) is 3.81. The van der Waals surface area contributed by atoms with Crippen LogP contribution in [0.1, 0.15) is 50.6 Å². The molecule has 1 aromatic carbocycles. The molecule has 1 aromatic rings. The molecule has 104 valence electrons. The third kappa shape index (κ3) is 2.82. The monoisotopic (exact) mass is 279 g/mol. The zero-order valence-corrected chi connectivity index (χ0v) is 12.3. The fourth-order valence-electron chi connectivity index (χ4n) is 3.38. The Balaban J connectivity index is 1.78. The van der Waals surface area contributed by atoms with Crippen molar-refractivity contribution in [3.8, 4) is 0 Å². The largest absolute Gasteiger partial charge is 0.307 e. The highest BCUT2D eigenvalue weighted by atomic mass is 32.2. The predicted molar refractivity (Wildman–Crippen MR) is 79.0 cm³/mol. The van der Waals surface area contributed by atoms with Crippen molar-refractivity contribution in [3.05, 3.63) is 29.6 Å². The molecule has 1 fully saturated rings. The van der Waals surface area contributed by atoms with E-state index in [-0.39, 0.29) is 5.82 Å². The average molecular weight is 279 g/mol. The van der Waals surface area contributed by atoms with Gasteiger partial charge < -0.3 is 5.32 Å². The van der Waals surface area contributed by atoms with E-state index < -0.39 is 0 Å². The molecule has 3 heteroatoms. The summed E-state index contributed by atoms with van der Waals surface area (Å²) < 4.78 is 13.9. The molecular formula is C16H22FNS. The van der Waals surface area contributed by atoms with Gasteiger partial charge in [0.25, 0.3) is 0 Å². The SMILES string of the molecule is CC1CCCCC1NC1CCSc2c(F)cccc21. The maximum atomic E-state index is 13.9. The van der Waals surface area contributed by atoms with Crippen LogP contribution in [-0.2, 0) is 0 Å². The minimum atomic E-state index is -0.0503. The first kappa shape index (κ1) is 13.4. The van der Waals surface area contributed by atoms with Crippen molar-refractivity contribution in [3.63, 3.8) is 0 Å². The van der Waals surface area contributed by atoms with Gasteiger partial charge in [-0.1, -0.05) is 31.9 Å². The molecule has 3 atom stereocenters. The number of halogens is 1. The molecule has 0 spiro atoms. The molecule has 0 aromatic heterocycles. The number of hydrogen-bond acceptors (Lipinski definition) is 2. The molecule has 3 unspecified atom stereocenters. The summed E-state index contributed by atoms with van der Waals surface area (Å²) in [6.45, 7) is 2.35. The summed E-state index contributed by atoms with van der Waals surface area (Å²) in [6, 6.07) is 6.47. The summed E-state index contributed by atoms with van der Waals surface area (Å²) in [5.74, 6) is 1.72. The minimum absolute atomic E-state index is 0.0503. The van der Waals surface area contributed by atoms with Crippen LogP contribution in [0.2, 0.25) is 0 Å². The lowest BCUT2D eigenvalue weighted by atomic mass is 9.85. The second kappa shape index (κ2) is 5.84. The molecule has 3 rings (SSSR count). The highest BCUT2D eigenvalue weighted by Crippen LogP contribution is 2.39. The Morgan fingerprint density at radius 2 is 2.05 bits per heavy atom. The second-order valence-electron chi connectivity index (χ2n) is 5.88. The lowest BCUT2D eigenvalue weighted by Crippen LogP contribution is -2.40. The Kier molecular flexibility index (Phi) is 4.13. The van der Waals surface area contributed by atoms with Crippen LogP contribution in [0.5, 0.6) is 0 Å². The Morgan fingerprint density at radius 1 is 1.21 bits per heavy atom. The predicted octanol–water partition coefficient (Wildman–Crippen LogP) is 4.53. The Labute approximate surface area is 119 Å². The summed E-state index contributed by atoms with van der Waals surface area (Å²) >= 11 is 1.67. The van der Waals surface area contributed by atoms with Crippen molar-refractivity contribution in [1.29, 1.82) is 0 Å². The van der Waals surface area contributed by atoms with Gasteiger partial charge in [-0.05, 0) is 42.6 Å². The lowest BCUT2D eigenvalue weighted by molar-refractivity contribution is 0.254. The Bertz CT molecular complexity index is 448. The zero-order valence-electron chi connectivity index (χ0n) is 11.5. The topological polar surface area (TPSA) is 12.0 Å². The minimum Gasteiger partial charge on any atom is -0.307 e. The van der Waals surface area contributed by atoms with E-state index >= 15 is 0 Å². The molecule has 0 radical (unpaired) electrons. The van der Waals surface area contributed by atoms with Crippen molar-refractivity contribution in [2.45, 2.75) is 56.0 Å². The molecule has 1 saturated carbocycles. The molecule has 1 heterocycles. The summed E-state index contributed by atoms with van der Waals surface area (Å²) in [4.78, 5) is 0.870. The first-order valence-electron chi connectivity index (χ1n) is 7.43. The van der Waals surface area contributed by atoms with Crippen molar-refractivity contribution in [1.82, 2.24) is 5.32 Å². The van der Waals surface area contributed by atoms with Crippen LogP contribution in [0.4, 0.5) is 4.39 Å². The molecule has 1 aliphatic carbocycles. The Hall–Kier alpha value is -0.540. The molecule has 0 amide bonds. The van der Waals surface area contributed by atoms with E-state index in [4.69, 9.17) is 0 Å². The summed E-state index contributed by atoms with van der Waals surface area (Å²) in [5.41, 5.74) is 1.18. The highest BCUT2D eigenvalue weighted by molar-refractivity contribution is 7.99. The maximum Gasteiger partial charge on any atom is 0.137 e. The van der Waals surface area contributed by atoms with E-state index in [0.717, 1.165) is 23.0 Å². The molecule has 2 aliphatic rings. The van der Waals surface area contributed by atoms with Crippen LogP contribution in [-0.4, -0.2) is 11.8 Å². The number of fused-ring (bicyclic) bond motifs is 1. The highest BCUT2D eigenvalue weighted by Gasteiger charge is 2.28. The van der Waals surface area contributed by atoms with E-state index in [2.05, 4.69) is 18.3 Å². The van der Waals surface area contributed by atoms with Gasteiger partial charge in [-0.2, -0.15) is 0 Å². The van der Waals surface area contributed by atoms with Gasteiger partial charge in [0, 0.05) is 17.0 Å². The van der Waals surface area contributed by atoms with E-state index in [9.17, 15) is 4.39 Å². The first-order chi connectivity index (χ1) is 9.25. The van der Waals surface area contributed by atoms with E-state index in [0.29, 0.717) is 12.1 Å². The third-order valence-electron chi connectivity index (χ3n) is 4.55. The van der Waals surface area contributed by atoms with E-state index in [1.165, 1.54) is 31.2 Å². The van der Waals surface area contributed by atoms with Gasteiger partial charge in [-0.25, -0.2) is 4.39 Å². The van der Waals surface area contributed by atoms with Crippen LogP contribution >= 0.6 is 11.8 Å². The van der Waals surface area contributed by atoms with Gasteiger partial charge in [-0.3, -0.25) is 0 Å². The van der Waals surface area contributed by atoms with Gasteiger partial charge in [0.1, 0.15) is 5.82 Å². The van der Waals surface area contributed by atoms with Gasteiger partial charge in [0.15, 0.2) is 0 Å².